The highest BCUT2D eigenvalue weighted by Crippen LogP contribution is 2.75. The average Bonchev–Trinajstić information content (AvgIpc) is 3.73. The number of amides is 2. The molecule has 0 unspecified atom stereocenters. The van der Waals surface area contributed by atoms with Gasteiger partial charge in [0.15, 0.2) is 22.6 Å². The second kappa shape index (κ2) is 10.3. The Balaban J connectivity index is 1.08. The zero-order valence-corrected chi connectivity index (χ0v) is 27.9. The van der Waals surface area contributed by atoms with Gasteiger partial charge >= 0.3 is 0 Å². The number of carbonyl (C=O) groups is 2. The van der Waals surface area contributed by atoms with Crippen molar-refractivity contribution >= 4 is 23.0 Å². The summed E-state index contributed by atoms with van der Waals surface area (Å²) in [4.78, 5) is 57.1. The number of ether oxygens (including phenoxy) is 1. The second-order valence-electron chi connectivity index (χ2n) is 15.2. The number of aromatic hydroxyl groups is 1. The summed E-state index contributed by atoms with van der Waals surface area (Å²) in [7, 11) is 1.53. The maximum atomic E-state index is 14.6. The smallest absolute Gasteiger partial charge is 0.276 e. The monoisotopic (exact) mass is 665 g/mol. The van der Waals surface area contributed by atoms with Gasteiger partial charge in [-0.15, -0.1) is 15.0 Å². The van der Waals surface area contributed by atoms with E-state index in [1.54, 1.807) is 30.2 Å². The van der Waals surface area contributed by atoms with Gasteiger partial charge in [0.2, 0.25) is 17.2 Å². The molecule has 4 aromatic heterocycles. The van der Waals surface area contributed by atoms with Crippen LogP contribution in [0.1, 0.15) is 91.6 Å². The molecule has 2 amide bonds. The van der Waals surface area contributed by atoms with Gasteiger partial charge in [-0.1, -0.05) is 6.92 Å². The zero-order chi connectivity index (χ0) is 33.9. The second-order valence-corrected chi connectivity index (χ2v) is 15.2. The Morgan fingerprint density at radius 2 is 1.86 bits per heavy atom. The molecule has 6 aliphatic rings. The number of carbonyl (C=O) groups excluding carboxylic acids is 2. The van der Waals surface area contributed by atoms with Crippen molar-refractivity contribution in [2.75, 3.05) is 20.2 Å². The number of aromatic nitrogens is 7. The number of hydrogen-bond donors (Lipinski definition) is 2. The number of rotatable bonds is 7. The van der Waals surface area contributed by atoms with E-state index >= 15 is 0 Å². The van der Waals surface area contributed by atoms with E-state index in [9.17, 15) is 19.5 Å². The third-order valence-electron chi connectivity index (χ3n) is 12.1. The Morgan fingerprint density at radius 3 is 2.57 bits per heavy atom. The van der Waals surface area contributed by atoms with Crippen LogP contribution in [-0.4, -0.2) is 82.1 Å². The number of likely N-dealkylation sites (tertiary alicyclic amines) is 1. The molecule has 2 bridgehead atoms. The number of pyridine rings is 2. The molecule has 5 fully saturated rings. The van der Waals surface area contributed by atoms with E-state index in [1.165, 1.54) is 31.1 Å². The maximum Gasteiger partial charge on any atom is 0.276 e. The molecular weight excluding hydrogens is 626 g/mol. The van der Waals surface area contributed by atoms with Crippen LogP contribution in [0.3, 0.4) is 0 Å². The molecule has 10 rings (SSSR count). The highest BCUT2D eigenvalue weighted by Gasteiger charge is 2.72. The lowest BCUT2D eigenvalue weighted by Crippen LogP contribution is -2.75. The van der Waals surface area contributed by atoms with Crippen molar-refractivity contribution in [1.29, 1.82) is 0 Å². The molecule has 0 radical (unpaired) electrons. The summed E-state index contributed by atoms with van der Waals surface area (Å²) in [6.45, 7) is 4.54. The molecular formula is C35H39N9O5. The summed E-state index contributed by atoms with van der Waals surface area (Å²) < 4.78 is 7.23. The number of methoxy groups -OCH3 is 1. The van der Waals surface area contributed by atoms with Crippen LogP contribution in [-0.2, 0) is 16.8 Å². The molecule has 254 valence electrons. The van der Waals surface area contributed by atoms with Gasteiger partial charge < -0.3 is 24.6 Å². The van der Waals surface area contributed by atoms with Crippen LogP contribution in [0.4, 0.5) is 0 Å². The van der Waals surface area contributed by atoms with Crippen LogP contribution in [0.2, 0.25) is 0 Å². The van der Waals surface area contributed by atoms with Gasteiger partial charge in [-0.25, -0.2) is 15.0 Å². The third kappa shape index (κ3) is 4.44. The lowest BCUT2D eigenvalue weighted by molar-refractivity contribution is -0.176. The van der Waals surface area contributed by atoms with Gasteiger partial charge in [-0.2, -0.15) is 0 Å². The fourth-order valence-electron chi connectivity index (χ4n) is 9.80. The van der Waals surface area contributed by atoms with Crippen molar-refractivity contribution in [1.82, 2.24) is 44.7 Å². The van der Waals surface area contributed by atoms with Crippen LogP contribution < -0.4 is 15.5 Å². The van der Waals surface area contributed by atoms with Crippen LogP contribution in [0, 0.1) is 18.3 Å². The minimum Gasteiger partial charge on any atom is -0.504 e. The predicted octanol–water partition coefficient (Wildman–Crippen LogP) is 2.92. The van der Waals surface area contributed by atoms with Crippen molar-refractivity contribution in [3.63, 3.8) is 0 Å². The number of hydrogen-bond acceptors (Lipinski definition) is 10. The first-order valence-electron chi connectivity index (χ1n) is 17.2. The molecule has 1 aliphatic heterocycles. The van der Waals surface area contributed by atoms with E-state index in [2.05, 4.69) is 27.2 Å². The average molecular weight is 666 g/mol. The Morgan fingerprint density at radius 1 is 1.10 bits per heavy atom. The lowest BCUT2D eigenvalue weighted by Gasteiger charge is -2.71. The molecule has 14 heteroatoms. The Bertz CT molecular complexity index is 2110. The molecule has 4 saturated carbocycles. The molecule has 1 spiro atoms. The van der Waals surface area contributed by atoms with Crippen molar-refractivity contribution in [3.8, 4) is 17.3 Å². The first-order valence-corrected chi connectivity index (χ1v) is 17.2. The highest BCUT2D eigenvalue weighted by atomic mass is 16.5. The van der Waals surface area contributed by atoms with E-state index in [1.807, 2.05) is 4.57 Å². The predicted molar refractivity (Wildman–Crippen MR) is 176 cm³/mol. The number of aryl methyl sites for hydroxylation is 1. The first kappa shape index (κ1) is 30.2. The summed E-state index contributed by atoms with van der Waals surface area (Å²) in [5, 5.41) is 23.4. The minimum atomic E-state index is -0.507. The van der Waals surface area contributed by atoms with Gasteiger partial charge in [-0.05, 0) is 81.6 Å². The van der Waals surface area contributed by atoms with Crippen molar-refractivity contribution in [2.45, 2.75) is 88.6 Å². The van der Waals surface area contributed by atoms with E-state index in [0.29, 0.717) is 66.2 Å². The van der Waals surface area contributed by atoms with Crippen molar-refractivity contribution in [3.05, 3.63) is 57.5 Å². The molecule has 1 saturated heterocycles. The third-order valence-corrected chi connectivity index (χ3v) is 12.1. The van der Waals surface area contributed by atoms with E-state index in [0.717, 1.165) is 30.9 Å². The van der Waals surface area contributed by atoms with Gasteiger partial charge in [0.1, 0.15) is 12.9 Å². The van der Waals surface area contributed by atoms with Crippen LogP contribution in [0.5, 0.6) is 11.6 Å². The SMILES string of the molecule is COc1cc(-n2nc3c(=O)c4c(n(CC(=O)NC56CC(C7CC7)(C5)C6)c3n2)[C@@H](C)CC42CCN(C(=O)c3ncnc(C)c3O)CC2)ccn1. The van der Waals surface area contributed by atoms with Crippen LogP contribution in [0.25, 0.3) is 16.9 Å². The summed E-state index contributed by atoms with van der Waals surface area (Å²) in [5.74, 6) is 0.538. The normalized spacial score (nSPS) is 26.3. The topological polar surface area (TPSA) is 170 Å². The Labute approximate surface area is 281 Å². The Kier molecular flexibility index (Phi) is 6.36. The number of piperidine rings is 1. The van der Waals surface area contributed by atoms with Crippen molar-refractivity contribution < 1.29 is 19.4 Å². The molecule has 5 heterocycles. The summed E-state index contributed by atoms with van der Waals surface area (Å²) in [6.07, 6.45) is 10.5. The standard InChI is InChI=1S/C35H39N9O5/c1-19-13-33(7-10-42(11-8-33)32(48)27-29(46)20(2)37-18-38-27)25-28(19)43(14-23(45)39-35-15-34(16-35,17-35)21-4-5-21)31-26(30(25)47)40-44(41-31)22-6-9-36-24(12-22)49-3/h6,9,12,18-19,21,46H,4-5,7-8,10-11,13-17H2,1-3H3,(H,39,45)/t19-,34?,35?/m0/s1. The summed E-state index contributed by atoms with van der Waals surface area (Å²) >= 11 is 0. The van der Waals surface area contributed by atoms with Gasteiger partial charge in [0.25, 0.3) is 5.91 Å². The highest BCUT2D eigenvalue weighted by molar-refractivity contribution is 5.95. The largest absolute Gasteiger partial charge is 0.504 e. The van der Waals surface area contributed by atoms with Crippen molar-refractivity contribution in [2.24, 2.45) is 11.3 Å². The van der Waals surface area contributed by atoms with E-state index in [4.69, 9.17) is 14.9 Å². The van der Waals surface area contributed by atoms with E-state index in [-0.39, 0.29) is 52.2 Å². The molecule has 14 nitrogen and oxygen atoms in total. The van der Waals surface area contributed by atoms with E-state index < -0.39 is 5.41 Å². The van der Waals surface area contributed by atoms with Crippen LogP contribution >= 0.6 is 0 Å². The van der Waals surface area contributed by atoms with Gasteiger partial charge in [0.05, 0.1) is 18.5 Å². The van der Waals surface area contributed by atoms with Gasteiger partial charge in [0, 0.05) is 47.6 Å². The number of nitrogens with zero attached hydrogens (tertiary/aromatic N) is 8. The fraction of sp³-hybridized carbons (Fsp3) is 0.543. The minimum absolute atomic E-state index is 0.0187. The molecule has 2 N–H and O–H groups in total. The zero-order valence-electron chi connectivity index (χ0n) is 27.9. The Hall–Kier alpha value is -4.88. The summed E-state index contributed by atoms with van der Waals surface area (Å²) in [6, 6.07) is 3.43. The molecule has 49 heavy (non-hydrogen) atoms. The number of nitrogens with one attached hydrogen (secondary N) is 1. The van der Waals surface area contributed by atoms with Crippen LogP contribution in [0.15, 0.2) is 29.5 Å². The first-order chi connectivity index (χ1) is 23.5. The fourth-order valence-corrected chi connectivity index (χ4v) is 9.80. The molecule has 1 atom stereocenters. The summed E-state index contributed by atoms with van der Waals surface area (Å²) in [5.41, 5.74) is 2.62. The number of fused-ring (bicyclic) bond motifs is 3. The molecule has 4 aromatic rings. The maximum absolute atomic E-state index is 14.6. The lowest BCUT2D eigenvalue weighted by atomic mass is 9.37. The van der Waals surface area contributed by atoms with Gasteiger partial charge in [-0.3, -0.25) is 14.4 Å². The quantitative estimate of drug-likeness (QED) is 0.299. The molecule has 5 aliphatic carbocycles. The molecule has 0 aromatic carbocycles.